The Bertz CT molecular complexity index is 2520. The number of hydrogen-bond acceptors (Lipinski definition) is 1. The average Bonchev–Trinajstić information content (AvgIpc) is 3.58. The van der Waals surface area contributed by atoms with Crippen LogP contribution in [-0.2, 0) is 0 Å². The van der Waals surface area contributed by atoms with Crippen molar-refractivity contribution in [3.8, 4) is 22.8 Å². The molecule has 0 unspecified atom stereocenters. The molecule has 0 radical (unpaired) electrons. The highest BCUT2D eigenvalue weighted by Gasteiger charge is 2.21. The molecule has 6 aromatic carbocycles. The van der Waals surface area contributed by atoms with Gasteiger partial charge >= 0.3 is 0 Å². The SMILES string of the molecule is Fc1ccc2cc(-c3cccc(-n4c5ccccc5c5ccc6c7ccccc7n(-c7ccccc7)c6c54)n3)ccc2c1. The molecule has 202 valence electrons. The topological polar surface area (TPSA) is 22.8 Å². The summed E-state index contributed by atoms with van der Waals surface area (Å²) in [6, 6.07) is 49.4. The molecule has 0 amide bonds. The van der Waals surface area contributed by atoms with E-state index in [4.69, 9.17) is 4.98 Å². The maximum Gasteiger partial charge on any atom is 0.138 e. The third-order valence-electron chi connectivity index (χ3n) is 8.54. The first-order valence-electron chi connectivity index (χ1n) is 14.4. The van der Waals surface area contributed by atoms with Crippen LogP contribution in [0.25, 0.3) is 77.1 Å². The maximum absolute atomic E-state index is 13.8. The highest BCUT2D eigenvalue weighted by molar-refractivity contribution is 6.23. The normalized spacial score (nSPS) is 11.8. The van der Waals surface area contributed by atoms with Crippen molar-refractivity contribution < 1.29 is 4.39 Å². The van der Waals surface area contributed by atoms with Gasteiger partial charge in [-0.05, 0) is 65.4 Å². The van der Waals surface area contributed by atoms with Gasteiger partial charge in [-0.1, -0.05) is 91.0 Å². The second kappa shape index (κ2) is 9.13. The number of halogens is 1. The summed E-state index contributed by atoms with van der Waals surface area (Å²) in [6.45, 7) is 0. The Morgan fingerprint density at radius 2 is 1.09 bits per heavy atom. The smallest absolute Gasteiger partial charge is 0.138 e. The van der Waals surface area contributed by atoms with E-state index < -0.39 is 0 Å². The molecule has 0 saturated carbocycles. The van der Waals surface area contributed by atoms with Crippen LogP contribution < -0.4 is 0 Å². The molecule has 4 heteroatoms. The van der Waals surface area contributed by atoms with Gasteiger partial charge in [0, 0.05) is 32.8 Å². The lowest BCUT2D eigenvalue weighted by atomic mass is 10.0. The Kier molecular flexibility index (Phi) is 5.08. The molecule has 9 aromatic rings. The highest BCUT2D eigenvalue weighted by Crippen LogP contribution is 2.41. The van der Waals surface area contributed by atoms with E-state index in [1.807, 2.05) is 24.3 Å². The lowest BCUT2D eigenvalue weighted by Gasteiger charge is -2.13. The van der Waals surface area contributed by atoms with E-state index in [1.54, 1.807) is 6.07 Å². The van der Waals surface area contributed by atoms with Gasteiger partial charge in [0.2, 0.25) is 0 Å². The molecule has 0 atom stereocenters. The predicted octanol–water partition coefficient (Wildman–Crippen LogP) is 10.2. The Balaban J connectivity index is 1.39. The van der Waals surface area contributed by atoms with Crippen LogP contribution in [0.2, 0.25) is 0 Å². The van der Waals surface area contributed by atoms with Gasteiger partial charge in [-0.2, -0.15) is 0 Å². The summed E-state index contributed by atoms with van der Waals surface area (Å²) in [5.74, 6) is 0.617. The van der Waals surface area contributed by atoms with E-state index in [1.165, 1.54) is 33.1 Å². The molecule has 3 aromatic heterocycles. The van der Waals surface area contributed by atoms with Crippen molar-refractivity contribution in [3.05, 3.63) is 151 Å². The zero-order valence-corrected chi connectivity index (χ0v) is 23.1. The fourth-order valence-corrected chi connectivity index (χ4v) is 6.67. The van der Waals surface area contributed by atoms with Crippen LogP contribution in [0.3, 0.4) is 0 Å². The summed E-state index contributed by atoms with van der Waals surface area (Å²) in [7, 11) is 0. The van der Waals surface area contributed by atoms with Gasteiger partial charge in [0.15, 0.2) is 0 Å². The van der Waals surface area contributed by atoms with Crippen LogP contribution in [0.15, 0.2) is 146 Å². The number of pyridine rings is 1. The number of nitrogens with zero attached hydrogens (tertiary/aromatic N) is 3. The van der Waals surface area contributed by atoms with E-state index in [-0.39, 0.29) is 5.82 Å². The van der Waals surface area contributed by atoms with E-state index in [0.717, 1.165) is 50.1 Å². The van der Waals surface area contributed by atoms with E-state index in [2.05, 4.69) is 118 Å². The average molecular weight is 554 g/mol. The van der Waals surface area contributed by atoms with Crippen molar-refractivity contribution >= 4 is 54.4 Å². The van der Waals surface area contributed by atoms with Gasteiger partial charge in [-0.25, -0.2) is 9.37 Å². The third kappa shape index (κ3) is 3.57. The number of benzene rings is 6. The van der Waals surface area contributed by atoms with E-state index >= 15 is 0 Å². The van der Waals surface area contributed by atoms with Crippen molar-refractivity contribution in [2.45, 2.75) is 0 Å². The molecular weight excluding hydrogens is 529 g/mol. The first kappa shape index (κ1) is 23.9. The minimum Gasteiger partial charge on any atom is -0.307 e. The lowest BCUT2D eigenvalue weighted by molar-refractivity contribution is 0.630. The van der Waals surface area contributed by atoms with E-state index in [0.29, 0.717) is 0 Å². The molecule has 0 fully saturated rings. The Labute approximate surface area is 246 Å². The molecular formula is C39H24FN3. The number of rotatable bonds is 3. The van der Waals surface area contributed by atoms with Gasteiger partial charge in [0.25, 0.3) is 0 Å². The van der Waals surface area contributed by atoms with Crippen LogP contribution in [0, 0.1) is 5.82 Å². The van der Waals surface area contributed by atoms with Gasteiger partial charge in [0.05, 0.1) is 27.8 Å². The minimum absolute atomic E-state index is 0.231. The molecule has 0 spiro atoms. The molecule has 9 rings (SSSR count). The number of para-hydroxylation sites is 3. The predicted molar refractivity (Wildman–Crippen MR) is 176 cm³/mol. The Morgan fingerprint density at radius 1 is 0.465 bits per heavy atom. The Morgan fingerprint density at radius 3 is 1.86 bits per heavy atom. The van der Waals surface area contributed by atoms with Crippen LogP contribution in [0.1, 0.15) is 0 Å². The zero-order valence-electron chi connectivity index (χ0n) is 23.1. The molecule has 0 saturated heterocycles. The van der Waals surface area contributed by atoms with Crippen molar-refractivity contribution in [1.29, 1.82) is 0 Å². The maximum atomic E-state index is 13.8. The number of fused-ring (bicyclic) bond motifs is 8. The van der Waals surface area contributed by atoms with Gasteiger partial charge in [-0.3, -0.25) is 4.57 Å². The fourth-order valence-electron chi connectivity index (χ4n) is 6.67. The second-order valence-electron chi connectivity index (χ2n) is 11.0. The fraction of sp³-hybridized carbons (Fsp3) is 0. The van der Waals surface area contributed by atoms with Gasteiger partial charge < -0.3 is 4.57 Å². The molecule has 0 aliphatic heterocycles. The molecule has 3 nitrogen and oxygen atoms in total. The second-order valence-corrected chi connectivity index (χ2v) is 11.0. The summed E-state index contributed by atoms with van der Waals surface area (Å²) in [6.07, 6.45) is 0. The lowest BCUT2D eigenvalue weighted by Crippen LogP contribution is -2.01. The standard InChI is InChI=1S/C39H24FN3/c40-28-20-19-25-23-27(18-17-26(25)24-28)34-13-8-16-37(41-34)43-36-15-7-5-12-31(36)33-22-21-32-30-11-4-6-14-35(30)42(38(32)39(33)43)29-9-2-1-3-10-29/h1-24H. The van der Waals surface area contributed by atoms with Crippen LogP contribution in [0.4, 0.5) is 4.39 Å². The third-order valence-corrected chi connectivity index (χ3v) is 8.54. The minimum atomic E-state index is -0.231. The summed E-state index contributed by atoms with van der Waals surface area (Å²) >= 11 is 0. The molecule has 43 heavy (non-hydrogen) atoms. The molecule has 0 N–H and O–H groups in total. The Hall–Kier alpha value is -5.74. The van der Waals surface area contributed by atoms with Crippen molar-refractivity contribution in [1.82, 2.24) is 14.1 Å². The summed E-state index contributed by atoms with van der Waals surface area (Å²) in [5.41, 5.74) is 7.53. The summed E-state index contributed by atoms with van der Waals surface area (Å²) < 4.78 is 18.5. The molecule has 0 aliphatic rings. The molecule has 0 aliphatic carbocycles. The van der Waals surface area contributed by atoms with Crippen LogP contribution in [-0.4, -0.2) is 14.1 Å². The van der Waals surface area contributed by atoms with Gasteiger partial charge in [0.1, 0.15) is 11.6 Å². The largest absolute Gasteiger partial charge is 0.307 e. The summed E-state index contributed by atoms with van der Waals surface area (Å²) in [4.78, 5) is 5.25. The van der Waals surface area contributed by atoms with Crippen molar-refractivity contribution in [2.24, 2.45) is 0 Å². The quantitative estimate of drug-likeness (QED) is 0.213. The van der Waals surface area contributed by atoms with Gasteiger partial charge in [-0.15, -0.1) is 0 Å². The number of aromatic nitrogens is 3. The first-order chi connectivity index (χ1) is 21.2. The molecule has 0 bridgehead atoms. The number of hydrogen-bond donors (Lipinski definition) is 0. The zero-order chi connectivity index (χ0) is 28.5. The van der Waals surface area contributed by atoms with Crippen LogP contribution >= 0.6 is 0 Å². The molecule has 3 heterocycles. The van der Waals surface area contributed by atoms with Crippen molar-refractivity contribution in [3.63, 3.8) is 0 Å². The monoisotopic (exact) mass is 553 g/mol. The first-order valence-corrected chi connectivity index (χ1v) is 14.4. The van der Waals surface area contributed by atoms with Crippen molar-refractivity contribution in [2.75, 3.05) is 0 Å². The summed E-state index contributed by atoms with van der Waals surface area (Å²) in [5, 5.41) is 6.64. The highest BCUT2D eigenvalue weighted by atomic mass is 19.1. The van der Waals surface area contributed by atoms with E-state index in [9.17, 15) is 4.39 Å². The van der Waals surface area contributed by atoms with Crippen LogP contribution in [0.5, 0.6) is 0 Å².